The van der Waals surface area contributed by atoms with Gasteiger partial charge in [0.05, 0.1) is 17.8 Å². The van der Waals surface area contributed by atoms with E-state index < -0.39 is 0 Å². The van der Waals surface area contributed by atoms with Crippen LogP contribution in [-0.4, -0.2) is 24.9 Å². The Labute approximate surface area is 173 Å². The van der Waals surface area contributed by atoms with Gasteiger partial charge >= 0.3 is 7.12 Å². The largest absolute Gasteiger partial charge is 0.494 e. The van der Waals surface area contributed by atoms with Gasteiger partial charge in [-0.15, -0.1) is 0 Å². The molecular weight excluding hydrogens is 347 g/mol. The van der Waals surface area contributed by atoms with Gasteiger partial charge in [-0.1, -0.05) is 76.8 Å². The lowest BCUT2D eigenvalue weighted by Crippen LogP contribution is -2.41. The van der Waals surface area contributed by atoms with E-state index in [-0.39, 0.29) is 18.3 Å². The number of unbranched alkanes of at least 4 members (excludes halogenated alkanes) is 9. The van der Waals surface area contributed by atoms with Gasteiger partial charge < -0.3 is 14.0 Å². The van der Waals surface area contributed by atoms with E-state index in [9.17, 15) is 0 Å². The second-order valence-corrected chi connectivity index (χ2v) is 9.19. The molecule has 0 bridgehead atoms. The van der Waals surface area contributed by atoms with Crippen molar-refractivity contribution in [3.8, 4) is 5.75 Å². The first-order valence-electron chi connectivity index (χ1n) is 11.4. The highest BCUT2D eigenvalue weighted by Crippen LogP contribution is 2.36. The molecule has 1 fully saturated rings. The molecule has 0 aromatic heterocycles. The summed E-state index contributed by atoms with van der Waals surface area (Å²) in [4.78, 5) is 0. The van der Waals surface area contributed by atoms with Crippen LogP contribution in [0, 0.1) is 0 Å². The van der Waals surface area contributed by atoms with E-state index in [0.717, 1.165) is 24.2 Å². The van der Waals surface area contributed by atoms with Crippen LogP contribution in [0.5, 0.6) is 5.75 Å². The van der Waals surface area contributed by atoms with Crippen LogP contribution in [-0.2, 0) is 9.31 Å². The number of hydrogen-bond acceptors (Lipinski definition) is 3. The van der Waals surface area contributed by atoms with Crippen molar-refractivity contribution in [1.29, 1.82) is 0 Å². The molecule has 28 heavy (non-hydrogen) atoms. The van der Waals surface area contributed by atoms with Gasteiger partial charge in [0.1, 0.15) is 5.75 Å². The zero-order valence-corrected chi connectivity index (χ0v) is 18.9. The zero-order chi connectivity index (χ0) is 20.5. The van der Waals surface area contributed by atoms with Crippen LogP contribution in [0.3, 0.4) is 0 Å². The molecule has 0 N–H and O–H groups in total. The van der Waals surface area contributed by atoms with Crippen LogP contribution in [0.15, 0.2) is 24.3 Å². The minimum Gasteiger partial charge on any atom is -0.494 e. The summed E-state index contributed by atoms with van der Waals surface area (Å²) in [5.74, 6) is 0.906. The maximum atomic E-state index is 6.14. The average molecular weight is 388 g/mol. The molecule has 1 aliphatic heterocycles. The van der Waals surface area contributed by atoms with Crippen molar-refractivity contribution >= 4 is 12.6 Å². The second kappa shape index (κ2) is 11.3. The van der Waals surface area contributed by atoms with E-state index in [4.69, 9.17) is 14.0 Å². The monoisotopic (exact) mass is 388 g/mol. The Hall–Kier alpha value is -0.995. The molecular formula is C24H41BO3. The van der Waals surface area contributed by atoms with E-state index >= 15 is 0 Å². The third-order valence-corrected chi connectivity index (χ3v) is 6.15. The predicted molar refractivity (Wildman–Crippen MR) is 119 cm³/mol. The van der Waals surface area contributed by atoms with Crippen LogP contribution in [0.1, 0.15) is 98.8 Å². The Morgan fingerprint density at radius 3 is 1.89 bits per heavy atom. The van der Waals surface area contributed by atoms with Gasteiger partial charge in [-0.3, -0.25) is 0 Å². The van der Waals surface area contributed by atoms with Crippen LogP contribution in [0.25, 0.3) is 0 Å². The summed E-state index contributed by atoms with van der Waals surface area (Å²) < 4.78 is 18.2. The smallest absolute Gasteiger partial charge is 0.494 e. The number of rotatable bonds is 13. The van der Waals surface area contributed by atoms with Gasteiger partial charge in [0.25, 0.3) is 0 Å². The van der Waals surface area contributed by atoms with E-state index in [1.807, 2.05) is 12.1 Å². The molecule has 1 aliphatic rings. The van der Waals surface area contributed by atoms with Gasteiger partial charge in [-0.05, 0) is 51.7 Å². The molecule has 1 heterocycles. The Balaban J connectivity index is 1.62. The van der Waals surface area contributed by atoms with Gasteiger partial charge in [-0.2, -0.15) is 0 Å². The lowest BCUT2D eigenvalue weighted by atomic mass is 9.79. The molecule has 0 aliphatic carbocycles. The molecule has 4 heteroatoms. The van der Waals surface area contributed by atoms with Gasteiger partial charge in [-0.25, -0.2) is 0 Å². The summed E-state index contributed by atoms with van der Waals surface area (Å²) in [5, 5.41) is 0. The molecule has 0 unspecified atom stereocenters. The molecule has 158 valence electrons. The van der Waals surface area contributed by atoms with Crippen LogP contribution < -0.4 is 10.2 Å². The number of benzene rings is 1. The van der Waals surface area contributed by atoms with Crippen molar-refractivity contribution in [3.05, 3.63) is 24.3 Å². The predicted octanol–water partition coefficient (Wildman–Crippen LogP) is 6.29. The first-order chi connectivity index (χ1) is 13.4. The summed E-state index contributed by atoms with van der Waals surface area (Å²) in [6.45, 7) is 11.4. The third-order valence-electron chi connectivity index (χ3n) is 6.15. The summed E-state index contributed by atoms with van der Waals surface area (Å²) in [5.41, 5.74) is 0.397. The molecule has 0 radical (unpaired) electrons. The minimum absolute atomic E-state index is 0.315. The van der Waals surface area contributed by atoms with E-state index in [1.165, 1.54) is 57.8 Å². The molecule has 3 nitrogen and oxygen atoms in total. The normalized spacial score (nSPS) is 17.8. The fourth-order valence-corrected chi connectivity index (χ4v) is 3.51. The van der Waals surface area contributed by atoms with Crippen molar-refractivity contribution < 1.29 is 14.0 Å². The Morgan fingerprint density at radius 1 is 0.786 bits per heavy atom. The summed E-state index contributed by atoms with van der Waals surface area (Å²) in [6.07, 6.45) is 13.4. The third kappa shape index (κ3) is 7.11. The average Bonchev–Trinajstić information content (AvgIpc) is 2.87. The summed E-state index contributed by atoms with van der Waals surface area (Å²) >= 11 is 0. The Kier molecular flexibility index (Phi) is 9.36. The SMILES string of the molecule is CCCCCCCCCCCCOc1cccc(B2OC(C)(C)C(C)(C)O2)c1. The van der Waals surface area contributed by atoms with Crippen LogP contribution in [0.4, 0.5) is 0 Å². The highest BCUT2D eigenvalue weighted by molar-refractivity contribution is 6.62. The topological polar surface area (TPSA) is 27.7 Å². The minimum atomic E-state index is -0.328. The molecule has 1 aromatic rings. The van der Waals surface area contributed by atoms with E-state index in [0.29, 0.717) is 0 Å². The van der Waals surface area contributed by atoms with Gasteiger partial charge in [0, 0.05) is 0 Å². The molecule has 1 aromatic carbocycles. The molecule has 0 amide bonds. The zero-order valence-electron chi connectivity index (χ0n) is 18.9. The fourth-order valence-electron chi connectivity index (χ4n) is 3.51. The van der Waals surface area contributed by atoms with Crippen LogP contribution in [0.2, 0.25) is 0 Å². The van der Waals surface area contributed by atoms with Crippen molar-refractivity contribution in [1.82, 2.24) is 0 Å². The van der Waals surface area contributed by atoms with Crippen molar-refractivity contribution in [3.63, 3.8) is 0 Å². The fraction of sp³-hybridized carbons (Fsp3) is 0.750. The molecule has 1 saturated heterocycles. The van der Waals surface area contributed by atoms with Gasteiger partial charge in [0.2, 0.25) is 0 Å². The maximum Gasteiger partial charge on any atom is 0.494 e. The summed E-state index contributed by atoms with van der Waals surface area (Å²) in [7, 11) is -0.328. The first kappa shape index (κ1) is 23.3. The quantitative estimate of drug-likeness (QED) is 0.294. The standard InChI is InChI=1S/C24H41BO3/c1-6-7-8-9-10-11-12-13-14-15-19-26-22-18-16-17-21(20-22)25-27-23(2,3)24(4,5)28-25/h16-18,20H,6-15,19H2,1-5H3. The summed E-state index contributed by atoms with van der Waals surface area (Å²) in [6, 6.07) is 8.15. The second-order valence-electron chi connectivity index (χ2n) is 9.19. The number of hydrogen-bond donors (Lipinski definition) is 0. The van der Waals surface area contributed by atoms with Crippen molar-refractivity contribution in [2.75, 3.05) is 6.61 Å². The molecule has 0 spiro atoms. The molecule has 0 saturated carbocycles. The van der Waals surface area contributed by atoms with Crippen molar-refractivity contribution in [2.24, 2.45) is 0 Å². The van der Waals surface area contributed by atoms with Crippen LogP contribution >= 0.6 is 0 Å². The molecule has 2 rings (SSSR count). The maximum absolute atomic E-state index is 6.14. The van der Waals surface area contributed by atoms with E-state index in [1.54, 1.807) is 0 Å². The number of ether oxygens (including phenoxy) is 1. The highest BCUT2D eigenvalue weighted by Gasteiger charge is 2.51. The Bertz CT molecular complexity index is 555. The molecule has 0 atom stereocenters. The Morgan fingerprint density at radius 2 is 1.32 bits per heavy atom. The highest BCUT2D eigenvalue weighted by atomic mass is 16.7. The lowest BCUT2D eigenvalue weighted by Gasteiger charge is -2.32. The first-order valence-corrected chi connectivity index (χ1v) is 11.4. The lowest BCUT2D eigenvalue weighted by molar-refractivity contribution is 0.00578. The van der Waals surface area contributed by atoms with Gasteiger partial charge in [0.15, 0.2) is 0 Å². The van der Waals surface area contributed by atoms with Crippen molar-refractivity contribution in [2.45, 2.75) is 110 Å². The van der Waals surface area contributed by atoms with E-state index in [2.05, 4.69) is 46.8 Å².